The van der Waals surface area contributed by atoms with Crippen molar-refractivity contribution in [3.8, 4) is 22.3 Å². The molecule has 7 aromatic carbocycles. The highest BCUT2D eigenvalue weighted by atomic mass is 14.2. The largest absolute Gasteiger partial charge is 0.0984 e. The molecule has 0 heterocycles. The highest BCUT2D eigenvalue weighted by Crippen LogP contribution is 2.44. The first kappa shape index (κ1) is 25.5. The maximum Gasteiger partial charge on any atom is -0.00923 e. The van der Waals surface area contributed by atoms with E-state index in [2.05, 4.69) is 136 Å². The molecule has 42 heavy (non-hydrogen) atoms. The summed E-state index contributed by atoms with van der Waals surface area (Å²) in [6, 6.07) is 39.4. The minimum Gasteiger partial charge on any atom is -0.0984 e. The Labute approximate surface area is 246 Å². The van der Waals surface area contributed by atoms with Crippen LogP contribution in [0.25, 0.3) is 89.6 Å². The summed E-state index contributed by atoms with van der Waals surface area (Å²) in [4.78, 5) is 0. The molecular weight excluding hydrogens is 504 g/mol. The SMILES string of the molecule is C=Cc1c(-c2cc3c(cc(-c4ccc5ccccc5c4)c4ccccc43)c(C=C)c2C=C)cc2ccccc2c1C=C. The first-order chi connectivity index (χ1) is 20.7. The van der Waals surface area contributed by atoms with Crippen LogP contribution in [0.4, 0.5) is 0 Å². The fraction of sp³-hybridized carbons (Fsp3) is 0. The quantitative estimate of drug-likeness (QED) is 0.186. The molecule has 7 rings (SSSR count). The van der Waals surface area contributed by atoms with Crippen molar-refractivity contribution in [3.63, 3.8) is 0 Å². The van der Waals surface area contributed by atoms with Gasteiger partial charge >= 0.3 is 0 Å². The van der Waals surface area contributed by atoms with E-state index in [1.54, 1.807) is 0 Å². The van der Waals surface area contributed by atoms with E-state index in [-0.39, 0.29) is 0 Å². The van der Waals surface area contributed by atoms with E-state index in [9.17, 15) is 0 Å². The molecule has 7 aromatic rings. The van der Waals surface area contributed by atoms with Crippen molar-refractivity contribution in [3.05, 3.63) is 158 Å². The molecule has 0 fully saturated rings. The second-order valence-corrected chi connectivity index (χ2v) is 10.7. The van der Waals surface area contributed by atoms with Crippen LogP contribution in [0.1, 0.15) is 22.3 Å². The van der Waals surface area contributed by atoms with Gasteiger partial charge < -0.3 is 0 Å². The van der Waals surface area contributed by atoms with E-state index in [1.807, 2.05) is 24.3 Å². The van der Waals surface area contributed by atoms with Crippen LogP contribution in [-0.4, -0.2) is 0 Å². The molecule has 0 aliphatic rings. The number of hydrogen-bond acceptors (Lipinski definition) is 0. The van der Waals surface area contributed by atoms with Crippen LogP contribution in [-0.2, 0) is 0 Å². The summed E-state index contributed by atoms with van der Waals surface area (Å²) in [5, 5.41) is 9.59. The fourth-order valence-corrected chi connectivity index (χ4v) is 6.60. The smallest absolute Gasteiger partial charge is 0.00923 e. The molecule has 0 aliphatic carbocycles. The molecule has 0 bridgehead atoms. The van der Waals surface area contributed by atoms with Gasteiger partial charge in [0.05, 0.1) is 0 Å². The maximum absolute atomic E-state index is 4.29. The van der Waals surface area contributed by atoms with Gasteiger partial charge in [0.25, 0.3) is 0 Å². The Morgan fingerprint density at radius 1 is 0.333 bits per heavy atom. The summed E-state index contributed by atoms with van der Waals surface area (Å²) in [7, 11) is 0. The van der Waals surface area contributed by atoms with E-state index in [1.165, 1.54) is 48.8 Å². The molecule has 0 unspecified atom stereocenters. The predicted molar refractivity (Wildman–Crippen MR) is 188 cm³/mol. The van der Waals surface area contributed by atoms with Crippen molar-refractivity contribution in [2.75, 3.05) is 0 Å². The molecule has 0 spiro atoms. The first-order valence-corrected chi connectivity index (χ1v) is 14.2. The average molecular weight is 535 g/mol. The van der Waals surface area contributed by atoms with Crippen LogP contribution in [0.15, 0.2) is 136 Å². The van der Waals surface area contributed by atoms with E-state index in [4.69, 9.17) is 0 Å². The zero-order chi connectivity index (χ0) is 28.8. The van der Waals surface area contributed by atoms with Crippen LogP contribution in [0.3, 0.4) is 0 Å². The minimum absolute atomic E-state index is 1.06. The normalized spacial score (nSPS) is 11.2. The van der Waals surface area contributed by atoms with Crippen LogP contribution in [0.5, 0.6) is 0 Å². The number of fused-ring (bicyclic) bond motifs is 5. The minimum atomic E-state index is 1.06. The Bertz CT molecular complexity index is 2260. The molecule has 0 aromatic heterocycles. The third-order valence-electron chi connectivity index (χ3n) is 8.54. The molecule has 198 valence electrons. The second kappa shape index (κ2) is 10.2. The molecule has 0 nitrogen and oxygen atoms in total. The van der Waals surface area contributed by atoms with Gasteiger partial charge in [0, 0.05) is 0 Å². The lowest BCUT2D eigenvalue weighted by Crippen LogP contribution is -1.96. The highest BCUT2D eigenvalue weighted by molar-refractivity contribution is 6.18. The molecule has 0 saturated carbocycles. The van der Waals surface area contributed by atoms with Gasteiger partial charge in [-0.1, -0.05) is 136 Å². The predicted octanol–water partition coefficient (Wildman–Crippen LogP) is 12.2. The van der Waals surface area contributed by atoms with Crippen LogP contribution >= 0.6 is 0 Å². The Kier molecular flexibility index (Phi) is 6.18. The van der Waals surface area contributed by atoms with E-state index in [0.717, 1.165) is 38.8 Å². The van der Waals surface area contributed by atoms with Crippen LogP contribution in [0, 0.1) is 0 Å². The monoisotopic (exact) mass is 534 g/mol. The van der Waals surface area contributed by atoms with E-state index >= 15 is 0 Å². The molecule has 0 atom stereocenters. The summed E-state index contributed by atoms with van der Waals surface area (Å²) in [6.07, 6.45) is 7.83. The Morgan fingerprint density at radius 2 is 0.857 bits per heavy atom. The molecule has 0 N–H and O–H groups in total. The van der Waals surface area contributed by atoms with E-state index < -0.39 is 0 Å². The van der Waals surface area contributed by atoms with Crippen LogP contribution < -0.4 is 0 Å². The fourth-order valence-electron chi connectivity index (χ4n) is 6.60. The van der Waals surface area contributed by atoms with Gasteiger partial charge in [0.1, 0.15) is 0 Å². The van der Waals surface area contributed by atoms with E-state index in [0.29, 0.717) is 0 Å². The van der Waals surface area contributed by atoms with Crippen LogP contribution in [0.2, 0.25) is 0 Å². The molecule has 0 aliphatic heterocycles. The number of rotatable bonds is 6. The zero-order valence-corrected chi connectivity index (χ0v) is 23.5. The van der Waals surface area contributed by atoms with Crippen molar-refractivity contribution >= 4 is 67.4 Å². The molecular formula is C42H30. The zero-order valence-electron chi connectivity index (χ0n) is 23.5. The Balaban J connectivity index is 1.61. The lowest BCUT2D eigenvalue weighted by molar-refractivity contribution is 1.59. The van der Waals surface area contributed by atoms with Gasteiger partial charge in [-0.25, -0.2) is 0 Å². The van der Waals surface area contributed by atoms with Gasteiger partial charge in [-0.15, -0.1) is 0 Å². The van der Waals surface area contributed by atoms with Gasteiger partial charge in [-0.2, -0.15) is 0 Å². The van der Waals surface area contributed by atoms with Crippen molar-refractivity contribution in [1.29, 1.82) is 0 Å². The average Bonchev–Trinajstić information content (AvgIpc) is 3.05. The first-order valence-electron chi connectivity index (χ1n) is 14.2. The summed E-state index contributed by atoms with van der Waals surface area (Å²) in [5.41, 5.74) is 8.93. The molecule has 0 amide bonds. The number of hydrogen-bond donors (Lipinski definition) is 0. The Morgan fingerprint density at radius 3 is 1.55 bits per heavy atom. The van der Waals surface area contributed by atoms with Gasteiger partial charge in [-0.3, -0.25) is 0 Å². The molecule has 0 radical (unpaired) electrons. The number of benzene rings is 7. The van der Waals surface area contributed by atoms with Gasteiger partial charge in [0.15, 0.2) is 0 Å². The van der Waals surface area contributed by atoms with Gasteiger partial charge in [-0.05, 0) is 112 Å². The van der Waals surface area contributed by atoms with Crippen molar-refractivity contribution in [1.82, 2.24) is 0 Å². The topological polar surface area (TPSA) is 0 Å². The lowest BCUT2D eigenvalue weighted by Gasteiger charge is -2.20. The van der Waals surface area contributed by atoms with Crippen molar-refractivity contribution in [2.24, 2.45) is 0 Å². The van der Waals surface area contributed by atoms with Crippen molar-refractivity contribution < 1.29 is 0 Å². The third-order valence-corrected chi connectivity index (χ3v) is 8.54. The molecule has 0 saturated heterocycles. The summed E-state index contributed by atoms with van der Waals surface area (Å²) in [6.45, 7) is 16.9. The summed E-state index contributed by atoms with van der Waals surface area (Å²) < 4.78 is 0. The maximum atomic E-state index is 4.29. The van der Waals surface area contributed by atoms with Gasteiger partial charge in [0.2, 0.25) is 0 Å². The summed E-state index contributed by atoms with van der Waals surface area (Å²) >= 11 is 0. The standard InChI is InChI=1S/C42H30/c1-5-31-32(6-2)39(24-29-17-11-12-18-35(29)31)41-26-42-37-20-14-13-19-36(37)38(25-40(42)33(7-3)34(41)8-4)30-22-21-27-15-9-10-16-28(27)23-30/h5-26H,1-4H2. The summed E-state index contributed by atoms with van der Waals surface area (Å²) in [5.74, 6) is 0. The molecule has 0 heteroatoms. The second-order valence-electron chi connectivity index (χ2n) is 10.7. The third kappa shape index (κ3) is 3.84. The van der Waals surface area contributed by atoms with Crippen molar-refractivity contribution in [2.45, 2.75) is 0 Å². The highest BCUT2D eigenvalue weighted by Gasteiger charge is 2.19. The lowest BCUT2D eigenvalue weighted by atomic mass is 9.83. The Hall–Kier alpha value is -5.46.